The van der Waals surface area contributed by atoms with E-state index in [-0.39, 0.29) is 11.9 Å². The Hall–Kier alpha value is -2.67. The Morgan fingerprint density at radius 1 is 0.674 bits per heavy atom. The number of carbonyl (C=O) groups is 2. The second kappa shape index (κ2) is 17.0. The number of phenols is 2. The van der Waals surface area contributed by atoms with Crippen molar-refractivity contribution in [3.05, 3.63) is 57.6 Å². The average Bonchev–Trinajstić information content (AvgIpc) is 3.02. The highest BCUT2D eigenvalue weighted by Gasteiger charge is 2.22. The van der Waals surface area contributed by atoms with Crippen LogP contribution < -0.4 is 0 Å². The molecule has 2 aliphatic carbocycles. The van der Waals surface area contributed by atoms with Crippen molar-refractivity contribution in [1.82, 2.24) is 0 Å². The largest absolute Gasteiger partial charge is 0.507 e. The van der Waals surface area contributed by atoms with E-state index in [4.69, 9.17) is 9.47 Å². The SMILES string of the molecule is Cc1cc(CCC(=O)OCCSCCOC(=O)CCc2cc(C)c(O)c(C3CCCCC3)c2)cc(C2CCCCC2)c1O. The van der Waals surface area contributed by atoms with Gasteiger partial charge in [0.05, 0.1) is 0 Å². The summed E-state index contributed by atoms with van der Waals surface area (Å²) in [6, 6.07) is 8.13. The summed E-state index contributed by atoms with van der Waals surface area (Å²) in [5.41, 5.74) is 5.99. The molecule has 2 aromatic carbocycles. The molecule has 2 fully saturated rings. The van der Waals surface area contributed by atoms with Crippen molar-refractivity contribution in [2.24, 2.45) is 0 Å². The molecular formula is C36H50O6S. The molecule has 6 nitrogen and oxygen atoms in total. The fourth-order valence-electron chi connectivity index (χ4n) is 6.67. The van der Waals surface area contributed by atoms with Crippen LogP contribution in [-0.4, -0.2) is 46.9 Å². The van der Waals surface area contributed by atoms with Gasteiger partial charge in [0.25, 0.3) is 0 Å². The predicted octanol–water partition coefficient (Wildman–Crippen LogP) is 8.20. The van der Waals surface area contributed by atoms with E-state index in [0.717, 1.165) is 59.1 Å². The average molecular weight is 611 g/mol. The topological polar surface area (TPSA) is 93.1 Å². The summed E-state index contributed by atoms with van der Waals surface area (Å²) in [6.45, 7) is 4.54. The molecule has 0 aromatic heterocycles. The maximum atomic E-state index is 12.3. The van der Waals surface area contributed by atoms with Crippen LogP contribution in [-0.2, 0) is 31.9 Å². The molecule has 0 radical (unpaired) electrons. The fourth-order valence-corrected chi connectivity index (χ4v) is 7.28. The van der Waals surface area contributed by atoms with Crippen LogP contribution in [0, 0.1) is 13.8 Å². The smallest absolute Gasteiger partial charge is 0.306 e. The molecule has 4 rings (SSSR count). The maximum Gasteiger partial charge on any atom is 0.306 e. The van der Waals surface area contributed by atoms with Crippen LogP contribution in [0.5, 0.6) is 11.5 Å². The molecule has 2 aliphatic rings. The van der Waals surface area contributed by atoms with E-state index in [0.29, 0.717) is 73.7 Å². The van der Waals surface area contributed by atoms with Crippen LogP contribution >= 0.6 is 11.8 Å². The van der Waals surface area contributed by atoms with Gasteiger partial charge < -0.3 is 19.7 Å². The van der Waals surface area contributed by atoms with Crippen molar-refractivity contribution >= 4 is 23.7 Å². The summed E-state index contributed by atoms with van der Waals surface area (Å²) in [6.07, 6.45) is 13.7. The zero-order valence-corrected chi connectivity index (χ0v) is 26.9. The lowest BCUT2D eigenvalue weighted by atomic mass is 9.82. The second-order valence-electron chi connectivity index (χ2n) is 12.4. The first kappa shape index (κ1) is 33.2. The molecule has 0 spiro atoms. The number of ether oxygens (including phenoxy) is 2. The molecule has 0 saturated heterocycles. The molecule has 0 atom stereocenters. The van der Waals surface area contributed by atoms with Gasteiger partial charge in [0.15, 0.2) is 0 Å². The molecule has 0 amide bonds. The van der Waals surface area contributed by atoms with Gasteiger partial charge >= 0.3 is 11.9 Å². The van der Waals surface area contributed by atoms with Crippen molar-refractivity contribution in [1.29, 1.82) is 0 Å². The van der Waals surface area contributed by atoms with Crippen LogP contribution in [0.2, 0.25) is 0 Å². The third-order valence-corrected chi connectivity index (χ3v) is 10.00. The van der Waals surface area contributed by atoms with Crippen LogP contribution in [0.15, 0.2) is 24.3 Å². The Labute approximate surface area is 261 Å². The summed E-state index contributed by atoms with van der Waals surface area (Å²) < 4.78 is 10.8. The Bertz CT molecular complexity index is 1120. The summed E-state index contributed by atoms with van der Waals surface area (Å²) >= 11 is 1.60. The van der Waals surface area contributed by atoms with Crippen molar-refractivity contribution in [3.63, 3.8) is 0 Å². The van der Waals surface area contributed by atoms with E-state index in [9.17, 15) is 19.8 Å². The van der Waals surface area contributed by atoms with Gasteiger partial charge in [0.1, 0.15) is 24.7 Å². The minimum Gasteiger partial charge on any atom is -0.507 e. The summed E-state index contributed by atoms with van der Waals surface area (Å²) in [5, 5.41) is 21.2. The standard InChI is InChI=1S/C36H50O6S/c1-25-21-27(23-31(35(25)39)29-9-5-3-6-10-29)13-15-33(37)41-17-19-43-20-18-42-34(38)16-14-28-22-26(2)36(40)32(24-28)30-11-7-4-8-12-30/h21-24,29-30,39-40H,3-20H2,1-2H3. The Morgan fingerprint density at radius 3 is 1.47 bits per heavy atom. The van der Waals surface area contributed by atoms with Crippen LogP contribution in [0.25, 0.3) is 0 Å². The van der Waals surface area contributed by atoms with E-state index in [2.05, 4.69) is 12.1 Å². The maximum absolute atomic E-state index is 12.3. The van der Waals surface area contributed by atoms with E-state index in [1.807, 2.05) is 26.0 Å². The minimum atomic E-state index is -0.215. The first-order valence-electron chi connectivity index (χ1n) is 16.4. The third kappa shape index (κ3) is 10.2. The fraction of sp³-hybridized carbons (Fsp3) is 0.611. The normalized spacial score (nSPS) is 16.2. The Morgan fingerprint density at radius 2 is 1.07 bits per heavy atom. The number of phenolic OH excluding ortho intramolecular Hbond substituents is 2. The number of hydrogen-bond acceptors (Lipinski definition) is 7. The number of esters is 2. The number of thioether (sulfide) groups is 1. The zero-order valence-electron chi connectivity index (χ0n) is 26.1. The molecular weight excluding hydrogens is 560 g/mol. The first-order chi connectivity index (χ1) is 20.8. The third-order valence-electron chi connectivity index (χ3n) is 9.09. The Balaban J connectivity index is 1.08. The van der Waals surface area contributed by atoms with Crippen molar-refractivity contribution in [3.8, 4) is 11.5 Å². The first-order valence-corrected chi connectivity index (χ1v) is 17.5. The molecule has 0 aliphatic heterocycles. The van der Waals surface area contributed by atoms with E-state index in [1.54, 1.807) is 11.8 Å². The molecule has 2 saturated carbocycles. The number of carbonyl (C=O) groups excluding carboxylic acids is 2. The quantitative estimate of drug-likeness (QED) is 0.165. The lowest BCUT2D eigenvalue weighted by Crippen LogP contribution is -2.11. The number of aromatic hydroxyl groups is 2. The predicted molar refractivity (Wildman–Crippen MR) is 173 cm³/mol. The van der Waals surface area contributed by atoms with Gasteiger partial charge in [-0.2, -0.15) is 11.8 Å². The van der Waals surface area contributed by atoms with E-state index < -0.39 is 0 Å². The molecule has 0 heterocycles. The van der Waals surface area contributed by atoms with Gasteiger partial charge in [0.2, 0.25) is 0 Å². The number of rotatable bonds is 14. The Kier molecular flexibility index (Phi) is 13.1. The molecule has 0 unspecified atom stereocenters. The van der Waals surface area contributed by atoms with Crippen LogP contribution in [0.3, 0.4) is 0 Å². The van der Waals surface area contributed by atoms with Gasteiger partial charge in [0, 0.05) is 24.3 Å². The monoisotopic (exact) mass is 610 g/mol. The molecule has 43 heavy (non-hydrogen) atoms. The van der Waals surface area contributed by atoms with Crippen LogP contribution in [0.4, 0.5) is 0 Å². The van der Waals surface area contributed by atoms with Gasteiger partial charge in [-0.3, -0.25) is 9.59 Å². The van der Waals surface area contributed by atoms with Crippen LogP contribution in [0.1, 0.15) is 122 Å². The lowest BCUT2D eigenvalue weighted by molar-refractivity contribution is -0.143. The van der Waals surface area contributed by atoms with E-state index >= 15 is 0 Å². The van der Waals surface area contributed by atoms with Gasteiger partial charge in [-0.15, -0.1) is 0 Å². The second-order valence-corrected chi connectivity index (χ2v) is 13.6. The number of benzene rings is 2. The highest BCUT2D eigenvalue weighted by atomic mass is 32.2. The zero-order chi connectivity index (χ0) is 30.6. The molecule has 0 bridgehead atoms. The van der Waals surface area contributed by atoms with Gasteiger partial charge in [-0.1, -0.05) is 62.8 Å². The highest BCUT2D eigenvalue weighted by Crippen LogP contribution is 2.40. The molecule has 2 N–H and O–H groups in total. The summed E-state index contributed by atoms with van der Waals surface area (Å²) in [5.74, 6) is 2.54. The molecule has 7 heteroatoms. The molecule has 236 valence electrons. The summed E-state index contributed by atoms with van der Waals surface area (Å²) in [4.78, 5) is 24.6. The van der Waals surface area contributed by atoms with Crippen molar-refractivity contribution in [2.75, 3.05) is 24.7 Å². The number of hydrogen-bond donors (Lipinski definition) is 2. The lowest BCUT2D eigenvalue weighted by Gasteiger charge is -2.24. The summed E-state index contributed by atoms with van der Waals surface area (Å²) in [7, 11) is 0. The highest BCUT2D eigenvalue weighted by molar-refractivity contribution is 7.99. The molecule has 2 aromatic rings. The number of aryl methyl sites for hydroxylation is 4. The van der Waals surface area contributed by atoms with Gasteiger partial charge in [-0.25, -0.2) is 0 Å². The van der Waals surface area contributed by atoms with Gasteiger partial charge in [-0.05, 0) is 97.6 Å². The minimum absolute atomic E-state index is 0.215. The van der Waals surface area contributed by atoms with Crippen molar-refractivity contribution < 1.29 is 29.3 Å². The van der Waals surface area contributed by atoms with E-state index in [1.165, 1.54) is 38.5 Å². The van der Waals surface area contributed by atoms with Crippen molar-refractivity contribution in [2.45, 2.75) is 116 Å².